The van der Waals surface area contributed by atoms with Gasteiger partial charge < -0.3 is 26.8 Å². The first-order valence-electron chi connectivity index (χ1n) is 7.37. The molecule has 1 aromatic rings. The van der Waals surface area contributed by atoms with Gasteiger partial charge in [-0.2, -0.15) is 0 Å². The topological polar surface area (TPSA) is 108 Å². The van der Waals surface area contributed by atoms with E-state index in [1.165, 1.54) is 12.3 Å². The van der Waals surface area contributed by atoms with Crippen molar-refractivity contribution in [2.24, 2.45) is 17.2 Å². The summed E-state index contributed by atoms with van der Waals surface area (Å²) in [6.45, 7) is 6.11. The maximum absolute atomic E-state index is 10.9. The van der Waals surface area contributed by atoms with Crippen molar-refractivity contribution in [2.75, 3.05) is 26.3 Å². The van der Waals surface area contributed by atoms with Crippen molar-refractivity contribution in [2.45, 2.75) is 0 Å². The average Bonchev–Trinajstić information content (AvgIpc) is 2.60. The number of benzene rings is 1. The maximum Gasteiger partial charge on any atom is 0.246 e. The van der Waals surface area contributed by atoms with Crippen LogP contribution in [-0.2, 0) is 9.53 Å². The highest BCUT2D eigenvalue weighted by molar-refractivity contribution is 6.30. The molecule has 7 heteroatoms. The summed E-state index contributed by atoms with van der Waals surface area (Å²) >= 11 is 5.83. The van der Waals surface area contributed by atoms with E-state index in [9.17, 15) is 4.79 Å². The van der Waals surface area contributed by atoms with Crippen LogP contribution in [0, 0.1) is 0 Å². The van der Waals surface area contributed by atoms with Crippen molar-refractivity contribution < 1.29 is 9.53 Å². The molecule has 0 aromatic heterocycles. The predicted molar refractivity (Wildman–Crippen MR) is 97.7 cm³/mol. The van der Waals surface area contributed by atoms with Crippen molar-refractivity contribution in [1.82, 2.24) is 4.90 Å². The standard InChI is InChI=1S/C10H12ClN3.C7H11NO2/c11-9-3-1-2-7(4-9)8(6-12)5-10(13)14;1-2-7(9)8-3-5-10-6-4-8/h1-6H,12-14H2;2H,1,3-6H2/b8-6+;. The Balaban J connectivity index is 0.000000254. The summed E-state index contributed by atoms with van der Waals surface area (Å²) < 4.78 is 5.07. The summed E-state index contributed by atoms with van der Waals surface area (Å²) in [5.74, 6) is 0.213. The van der Waals surface area contributed by atoms with E-state index in [-0.39, 0.29) is 11.7 Å². The van der Waals surface area contributed by atoms with Gasteiger partial charge in [-0.05, 0) is 29.8 Å². The Hall–Kier alpha value is -2.44. The van der Waals surface area contributed by atoms with E-state index in [4.69, 9.17) is 33.5 Å². The monoisotopic (exact) mass is 350 g/mol. The number of nitrogens with zero attached hydrogens (tertiary/aromatic N) is 1. The molecule has 1 saturated heterocycles. The Morgan fingerprint density at radius 3 is 2.46 bits per heavy atom. The predicted octanol–water partition coefficient (Wildman–Crippen LogP) is 1.43. The van der Waals surface area contributed by atoms with E-state index >= 15 is 0 Å². The fraction of sp³-hybridized carbons (Fsp3) is 0.235. The molecule has 6 nitrogen and oxygen atoms in total. The molecule has 2 rings (SSSR count). The molecule has 0 bridgehead atoms. The lowest BCUT2D eigenvalue weighted by atomic mass is 10.1. The number of hydrogen-bond donors (Lipinski definition) is 3. The molecule has 1 aromatic carbocycles. The second kappa shape index (κ2) is 10.4. The molecule has 1 heterocycles. The summed E-state index contributed by atoms with van der Waals surface area (Å²) in [7, 11) is 0. The number of carbonyl (C=O) groups excluding carboxylic acids is 1. The fourth-order valence-electron chi connectivity index (χ4n) is 1.99. The van der Waals surface area contributed by atoms with Gasteiger partial charge in [0, 0.05) is 29.9 Å². The van der Waals surface area contributed by atoms with Crippen LogP contribution < -0.4 is 17.2 Å². The van der Waals surface area contributed by atoms with Crippen molar-refractivity contribution in [3.05, 3.63) is 65.6 Å². The third-order valence-corrected chi connectivity index (χ3v) is 3.39. The number of ether oxygens (including phenoxy) is 1. The van der Waals surface area contributed by atoms with Gasteiger partial charge in [0.15, 0.2) is 0 Å². The largest absolute Gasteiger partial charge is 0.404 e. The number of allylic oxidation sites excluding steroid dienone is 2. The lowest BCUT2D eigenvalue weighted by Gasteiger charge is -2.25. The van der Waals surface area contributed by atoms with Gasteiger partial charge in [-0.25, -0.2) is 0 Å². The van der Waals surface area contributed by atoms with Crippen LogP contribution >= 0.6 is 11.6 Å². The summed E-state index contributed by atoms with van der Waals surface area (Å²) in [4.78, 5) is 12.7. The van der Waals surface area contributed by atoms with Gasteiger partial charge in [0.25, 0.3) is 0 Å². The molecule has 1 amide bonds. The van der Waals surface area contributed by atoms with Crippen LogP contribution in [-0.4, -0.2) is 37.1 Å². The minimum atomic E-state index is 0.00306. The number of nitrogens with two attached hydrogens (primary N) is 3. The molecule has 0 unspecified atom stereocenters. The van der Waals surface area contributed by atoms with Gasteiger partial charge in [-0.3, -0.25) is 4.79 Å². The van der Waals surface area contributed by atoms with E-state index < -0.39 is 0 Å². The minimum absolute atomic E-state index is 0.00306. The Labute approximate surface area is 147 Å². The zero-order valence-electron chi connectivity index (χ0n) is 13.5. The van der Waals surface area contributed by atoms with E-state index in [0.717, 1.165) is 11.1 Å². The van der Waals surface area contributed by atoms with E-state index in [1.807, 2.05) is 12.1 Å². The van der Waals surface area contributed by atoms with Gasteiger partial charge in [0.2, 0.25) is 5.91 Å². The Morgan fingerprint density at radius 2 is 1.96 bits per heavy atom. The molecule has 24 heavy (non-hydrogen) atoms. The molecule has 1 fully saturated rings. The first-order chi connectivity index (χ1) is 11.5. The first kappa shape index (κ1) is 19.6. The summed E-state index contributed by atoms with van der Waals surface area (Å²) in [6.07, 6.45) is 4.36. The molecule has 6 N–H and O–H groups in total. The highest BCUT2D eigenvalue weighted by Crippen LogP contribution is 2.19. The van der Waals surface area contributed by atoms with Crippen LogP contribution in [0.25, 0.3) is 5.57 Å². The molecule has 0 atom stereocenters. The number of hydrogen-bond acceptors (Lipinski definition) is 5. The van der Waals surface area contributed by atoms with Gasteiger partial charge in [-0.15, -0.1) is 0 Å². The zero-order valence-corrected chi connectivity index (χ0v) is 14.2. The van der Waals surface area contributed by atoms with E-state index in [1.54, 1.807) is 23.1 Å². The number of rotatable bonds is 3. The van der Waals surface area contributed by atoms with Crippen LogP contribution in [0.4, 0.5) is 0 Å². The van der Waals surface area contributed by atoms with Gasteiger partial charge in [-0.1, -0.05) is 30.3 Å². The Bertz CT molecular complexity index is 619. The summed E-state index contributed by atoms with van der Waals surface area (Å²) in [5.41, 5.74) is 17.8. The van der Waals surface area contributed by atoms with Crippen molar-refractivity contribution in [1.29, 1.82) is 0 Å². The Kier molecular flexibility index (Phi) is 8.46. The zero-order chi connectivity index (χ0) is 17.9. The Morgan fingerprint density at radius 1 is 1.29 bits per heavy atom. The third-order valence-electron chi connectivity index (χ3n) is 3.16. The molecule has 130 valence electrons. The van der Waals surface area contributed by atoms with Gasteiger partial charge in [0.1, 0.15) is 0 Å². The molecule has 1 aliphatic heterocycles. The van der Waals surface area contributed by atoms with Crippen LogP contribution in [0.1, 0.15) is 5.56 Å². The van der Waals surface area contributed by atoms with E-state index in [0.29, 0.717) is 31.3 Å². The minimum Gasteiger partial charge on any atom is -0.404 e. The van der Waals surface area contributed by atoms with Gasteiger partial charge >= 0.3 is 0 Å². The molecular weight excluding hydrogens is 328 g/mol. The second-order valence-corrected chi connectivity index (χ2v) is 5.35. The molecule has 0 aliphatic carbocycles. The first-order valence-corrected chi connectivity index (χ1v) is 7.75. The van der Waals surface area contributed by atoms with Crippen LogP contribution in [0.2, 0.25) is 5.02 Å². The van der Waals surface area contributed by atoms with Crippen molar-refractivity contribution in [3.63, 3.8) is 0 Å². The van der Waals surface area contributed by atoms with Crippen molar-refractivity contribution >= 4 is 23.1 Å². The number of carbonyl (C=O) groups is 1. The molecule has 0 spiro atoms. The lowest BCUT2D eigenvalue weighted by molar-refractivity contribution is -0.129. The number of amides is 1. The second-order valence-electron chi connectivity index (χ2n) is 4.92. The smallest absolute Gasteiger partial charge is 0.246 e. The molecule has 0 saturated carbocycles. The van der Waals surface area contributed by atoms with Gasteiger partial charge in [0.05, 0.1) is 19.0 Å². The lowest BCUT2D eigenvalue weighted by Crippen LogP contribution is -2.39. The maximum atomic E-state index is 10.9. The average molecular weight is 351 g/mol. The highest BCUT2D eigenvalue weighted by atomic mass is 35.5. The van der Waals surface area contributed by atoms with Crippen LogP contribution in [0.5, 0.6) is 0 Å². The fourth-order valence-corrected chi connectivity index (χ4v) is 2.18. The van der Waals surface area contributed by atoms with Crippen LogP contribution in [0.15, 0.2) is 55.0 Å². The van der Waals surface area contributed by atoms with Crippen LogP contribution in [0.3, 0.4) is 0 Å². The van der Waals surface area contributed by atoms with E-state index in [2.05, 4.69) is 6.58 Å². The number of morpholine rings is 1. The molecule has 1 aliphatic rings. The normalized spacial score (nSPS) is 14.2. The SMILES string of the molecule is C=CC(=O)N1CCOCC1.N/C=C(\C=C(N)N)c1cccc(Cl)c1. The van der Waals surface area contributed by atoms with Crippen molar-refractivity contribution in [3.8, 4) is 0 Å². The molecular formula is C17H23ClN4O2. The number of halogens is 1. The highest BCUT2D eigenvalue weighted by Gasteiger charge is 2.12. The summed E-state index contributed by atoms with van der Waals surface area (Å²) in [5, 5.41) is 0.644. The summed E-state index contributed by atoms with van der Waals surface area (Å²) in [6, 6.07) is 7.29. The quantitative estimate of drug-likeness (QED) is 0.564. The molecule has 0 radical (unpaired) electrons. The third kappa shape index (κ3) is 6.76.